The molecule has 1 saturated carbocycles. The van der Waals surface area contributed by atoms with Gasteiger partial charge in [0.15, 0.2) is 0 Å². The van der Waals surface area contributed by atoms with Gasteiger partial charge in [0.25, 0.3) is 5.91 Å². The first kappa shape index (κ1) is 24.6. The summed E-state index contributed by atoms with van der Waals surface area (Å²) in [7, 11) is 0. The molecular formula is C28H32N2O5. The van der Waals surface area contributed by atoms with E-state index in [1.165, 1.54) is 6.07 Å². The average Bonchev–Trinajstić information content (AvgIpc) is 2.83. The van der Waals surface area contributed by atoms with Gasteiger partial charge in [-0.1, -0.05) is 20.8 Å². The molecule has 4 rings (SSSR count). The number of nitrogens with one attached hydrogen (secondary N) is 1. The molecule has 2 aromatic rings. The summed E-state index contributed by atoms with van der Waals surface area (Å²) in [6, 6.07) is 12.1. The van der Waals surface area contributed by atoms with Gasteiger partial charge in [-0.2, -0.15) is 5.26 Å². The Bertz CT molecular complexity index is 1140. The van der Waals surface area contributed by atoms with E-state index in [0.717, 1.165) is 25.7 Å². The quantitative estimate of drug-likeness (QED) is 0.578. The van der Waals surface area contributed by atoms with Crippen molar-refractivity contribution in [2.45, 2.75) is 64.8 Å². The molecule has 0 radical (unpaired) electrons. The maximum Gasteiger partial charge on any atom is 0.311 e. The molecule has 1 aliphatic heterocycles. The lowest BCUT2D eigenvalue weighted by molar-refractivity contribution is -0.139. The van der Waals surface area contributed by atoms with E-state index in [0.29, 0.717) is 40.4 Å². The van der Waals surface area contributed by atoms with Crippen LogP contribution < -0.4 is 14.8 Å². The number of carboxylic acids is 1. The van der Waals surface area contributed by atoms with Crippen LogP contribution in [-0.2, 0) is 4.79 Å². The van der Waals surface area contributed by atoms with Crippen molar-refractivity contribution in [1.82, 2.24) is 5.32 Å². The zero-order valence-electron chi connectivity index (χ0n) is 20.5. The van der Waals surface area contributed by atoms with Gasteiger partial charge in [0, 0.05) is 23.2 Å². The summed E-state index contributed by atoms with van der Waals surface area (Å²) < 4.78 is 11.5. The fourth-order valence-corrected chi connectivity index (χ4v) is 5.02. The van der Waals surface area contributed by atoms with Crippen LogP contribution >= 0.6 is 0 Å². The van der Waals surface area contributed by atoms with Gasteiger partial charge in [0.05, 0.1) is 18.1 Å². The van der Waals surface area contributed by atoms with Crippen LogP contribution in [0.5, 0.6) is 17.2 Å². The van der Waals surface area contributed by atoms with Crippen molar-refractivity contribution >= 4 is 11.9 Å². The number of amides is 1. The Hall–Kier alpha value is -3.53. The summed E-state index contributed by atoms with van der Waals surface area (Å²) in [4.78, 5) is 24.3. The predicted molar refractivity (Wildman–Crippen MR) is 131 cm³/mol. The fraction of sp³-hybridized carbons (Fsp3) is 0.464. The SMILES string of the molecule is CC(C)(C)C1CCC(NC(=O)c2ccc(Oc3cc4c(cc3C#N)C(C(=O)O)CCO4)cc2)CC1. The second-order valence-electron chi connectivity index (χ2n) is 10.5. The van der Waals surface area contributed by atoms with Crippen LogP contribution in [0.3, 0.4) is 0 Å². The van der Waals surface area contributed by atoms with E-state index in [9.17, 15) is 20.0 Å². The molecule has 1 heterocycles. The van der Waals surface area contributed by atoms with Crippen LogP contribution in [-0.4, -0.2) is 29.6 Å². The maximum absolute atomic E-state index is 12.7. The highest BCUT2D eigenvalue weighted by atomic mass is 16.5. The zero-order chi connectivity index (χ0) is 25.2. The van der Waals surface area contributed by atoms with Gasteiger partial charge in [-0.3, -0.25) is 9.59 Å². The second kappa shape index (κ2) is 9.99. The Morgan fingerprint density at radius 1 is 1.09 bits per heavy atom. The average molecular weight is 477 g/mol. The first-order valence-corrected chi connectivity index (χ1v) is 12.2. The third kappa shape index (κ3) is 5.59. The van der Waals surface area contributed by atoms with Crippen molar-refractivity contribution < 1.29 is 24.2 Å². The van der Waals surface area contributed by atoms with E-state index in [1.807, 2.05) is 0 Å². The molecule has 0 saturated heterocycles. The van der Waals surface area contributed by atoms with Gasteiger partial charge in [0.2, 0.25) is 0 Å². The number of rotatable bonds is 5. The van der Waals surface area contributed by atoms with Crippen molar-refractivity contribution in [3.8, 4) is 23.3 Å². The highest BCUT2D eigenvalue weighted by Gasteiger charge is 2.31. The molecule has 2 aromatic carbocycles. The lowest BCUT2D eigenvalue weighted by Gasteiger charge is -2.37. The first-order chi connectivity index (χ1) is 16.7. The number of benzene rings is 2. The Balaban J connectivity index is 1.41. The van der Waals surface area contributed by atoms with E-state index in [2.05, 4.69) is 32.2 Å². The molecule has 2 aliphatic rings. The number of carbonyl (C=O) groups excluding carboxylic acids is 1. The van der Waals surface area contributed by atoms with Crippen molar-refractivity contribution in [2.24, 2.45) is 11.3 Å². The van der Waals surface area contributed by atoms with E-state index < -0.39 is 11.9 Å². The normalized spacial score (nSPS) is 21.7. The lowest BCUT2D eigenvalue weighted by Crippen LogP contribution is -2.39. The van der Waals surface area contributed by atoms with Gasteiger partial charge in [-0.15, -0.1) is 0 Å². The largest absolute Gasteiger partial charge is 0.493 e. The Labute approximate surface area is 206 Å². The minimum absolute atomic E-state index is 0.102. The number of hydrogen-bond acceptors (Lipinski definition) is 5. The van der Waals surface area contributed by atoms with Crippen molar-refractivity contribution in [1.29, 1.82) is 5.26 Å². The molecule has 1 unspecified atom stereocenters. The number of nitriles is 1. The first-order valence-electron chi connectivity index (χ1n) is 12.2. The smallest absolute Gasteiger partial charge is 0.311 e. The van der Waals surface area contributed by atoms with Crippen LogP contribution in [0.1, 0.15) is 80.3 Å². The molecule has 2 N–H and O–H groups in total. The Kier molecular flexibility index (Phi) is 7.02. The minimum Gasteiger partial charge on any atom is -0.493 e. The Morgan fingerprint density at radius 2 is 1.77 bits per heavy atom. The number of hydrogen-bond donors (Lipinski definition) is 2. The monoisotopic (exact) mass is 476 g/mol. The highest BCUT2D eigenvalue weighted by molar-refractivity contribution is 5.94. The second-order valence-corrected chi connectivity index (χ2v) is 10.5. The minimum atomic E-state index is -0.941. The third-order valence-corrected chi connectivity index (χ3v) is 7.20. The van der Waals surface area contributed by atoms with Crippen molar-refractivity contribution in [2.75, 3.05) is 6.61 Å². The van der Waals surface area contributed by atoms with E-state index in [1.54, 1.807) is 30.3 Å². The number of carboxylic acid groups (broad SMARTS) is 1. The zero-order valence-corrected chi connectivity index (χ0v) is 20.5. The fourth-order valence-electron chi connectivity index (χ4n) is 5.02. The summed E-state index contributed by atoms with van der Waals surface area (Å²) in [5.74, 6) is 0.100. The van der Waals surface area contributed by atoms with Crippen LogP contribution in [0, 0.1) is 22.7 Å². The molecule has 7 nitrogen and oxygen atoms in total. The third-order valence-electron chi connectivity index (χ3n) is 7.20. The van der Waals surface area contributed by atoms with E-state index in [4.69, 9.17) is 9.47 Å². The number of fused-ring (bicyclic) bond motifs is 1. The summed E-state index contributed by atoms with van der Waals surface area (Å²) in [5.41, 5.74) is 1.57. The molecule has 1 amide bonds. The topological polar surface area (TPSA) is 109 Å². The van der Waals surface area contributed by atoms with Gasteiger partial charge in [0.1, 0.15) is 23.3 Å². The number of aliphatic carboxylic acids is 1. The molecule has 1 fully saturated rings. The summed E-state index contributed by atoms with van der Waals surface area (Å²) in [6.45, 7) is 7.13. The van der Waals surface area contributed by atoms with Crippen molar-refractivity contribution in [3.05, 3.63) is 53.1 Å². The van der Waals surface area contributed by atoms with Crippen molar-refractivity contribution in [3.63, 3.8) is 0 Å². The van der Waals surface area contributed by atoms with Gasteiger partial charge >= 0.3 is 5.97 Å². The molecule has 35 heavy (non-hydrogen) atoms. The predicted octanol–water partition coefficient (Wildman–Crippen LogP) is 5.64. The molecular weight excluding hydrogens is 444 g/mol. The molecule has 184 valence electrons. The highest BCUT2D eigenvalue weighted by Crippen LogP contribution is 2.40. The summed E-state index contributed by atoms with van der Waals surface area (Å²) in [6.07, 6.45) is 4.60. The molecule has 1 aliphatic carbocycles. The summed E-state index contributed by atoms with van der Waals surface area (Å²) in [5, 5.41) is 22.2. The van der Waals surface area contributed by atoms with E-state index >= 15 is 0 Å². The lowest BCUT2D eigenvalue weighted by atomic mass is 9.71. The molecule has 0 bridgehead atoms. The number of nitrogens with zero attached hydrogens (tertiary/aromatic N) is 1. The molecule has 0 aromatic heterocycles. The van der Waals surface area contributed by atoms with Crippen LogP contribution in [0.25, 0.3) is 0 Å². The van der Waals surface area contributed by atoms with E-state index in [-0.39, 0.29) is 29.9 Å². The summed E-state index contributed by atoms with van der Waals surface area (Å²) >= 11 is 0. The number of ether oxygens (including phenoxy) is 2. The van der Waals surface area contributed by atoms with Gasteiger partial charge in [-0.05, 0) is 73.8 Å². The van der Waals surface area contributed by atoms with Gasteiger partial charge < -0.3 is 19.9 Å². The standard InChI is InChI=1S/C28H32N2O5/c1-28(2,3)19-6-8-20(9-7-19)30-26(31)17-4-10-21(11-5-17)35-24-15-25-23(14-18(24)16-29)22(27(32)33)12-13-34-25/h4-5,10-11,14-15,19-20,22H,6-9,12-13H2,1-3H3,(H,30,31)(H,32,33). The molecule has 7 heteroatoms. The van der Waals surface area contributed by atoms with Gasteiger partial charge in [-0.25, -0.2) is 0 Å². The molecule has 0 spiro atoms. The maximum atomic E-state index is 12.7. The Morgan fingerprint density at radius 3 is 2.37 bits per heavy atom. The van der Waals surface area contributed by atoms with Crippen LogP contribution in [0.15, 0.2) is 36.4 Å². The van der Waals surface area contributed by atoms with Crippen LogP contribution in [0.4, 0.5) is 0 Å². The van der Waals surface area contributed by atoms with Crippen LogP contribution in [0.2, 0.25) is 0 Å². The number of carbonyl (C=O) groups is 2. The molecule has 1 atom stereocenters.